The first kappa shape index (κ1) is 40.1. The monoisotopic (exact) mass is 689 g/mol. The summed E-state index contributed by atoms with van der Waals surface area (Å²) in [6, 6.07) is 12.2. The Morgan fingerprint density at radius 1 is 0.953 bits per heavy atom. The fraction of sp³-hybridized carbons (Fsp3) is 0.303. The van der Waals surface area contributed by atoms with Crippen LogP contribution in [0.25, 0.3) is 11.0 Å². The summed E-state index contributed by atoms with van der Waals surface area (Å²) in [6.07, 6.45) is 18.1. The SMILES string of the molecule is C.C.C#CCCCN1C(=S)Cc2c1ccnc2N.C#CCCCn1c(Sc2ccccc2C)nc2c(N)nccc21.[CH3-].[Y]. The summed E-state index contributed by atoms with van der Waals surface area (Å²) in [5, 5.41) is 0.922. The predicted molar refractivity (Wildman–Crippen MR) is 186 cm³/mol. The van der Waals surface area contributed by atoms with Crippen LogP contribution in [0.5, 0.6) is 0 Å². The van der Waals surface area contributed by atoms with Crippen LogP contribution in [0.3, 0.4) is 0 Å². The van der Waals surface area contributed by atoms with E-state index in [2.05, 4.69) is 50.3 Å². The van der Waals surface area contributed by atoms with Crippen molar-refractivity contribution in [1.82, 2.24) is 19.5 Å². The Bertz CT molecular complexity index is 1570. The first-order chi connectivity index (χ1) is 18.9. The molecule has 5 rings (SSSR count). The molecule has 4 N–H and O–H groups in total. The van der Waals surface area contributed by atoms with Crippen molar-refractivity contribution in [3.05, 3.63) is 67.3 Å². The predicted octanol–water partition coefficient (Wildman–Crippen LogP) is 7.37. The maximum Gasteiger partial charge on any atom is 0.174 e. The normalized spacial score (nSPS) is 10.9. The van der Waals surface area contributed by atoms with Crippen molar-refractivity contribution in [2.24, 2.45) is 0 Å². The number of nitrogens with zero attached hydrogens (tertiary/aromatic N) is 5. The Balaban J connectivity index is 0.000000789. The fourth-order valence-corrected chi connectivity index (χ4v) is 5.69. The van der Waals surface area contributed by atoms with E-state index in [1.54, 1.807) is 24.2 Å². The fourth-order valence-electron chi connectivity index (χ4n) is 4.35. The number of aromatic nitrogens is 4. The van der Waals surface area contributed by atoms with Crippen molar-refractivity contribution in [3.8, 4) is 24.7 Å². The van der Waals surface area contributed by atoms with E-state index in [1.165, 1.54) is 10.5 Å². The third kappa shape index (κ3) is 9.78. The quantitative estimate of drug-likeness (QED) is 0.0857. The van der Waals surface area contributed by atoms with Gasteiger partial charge in [-0.3, -0.25) is 0 Å². The molecule has 43 heavy (non-hydrogen) atoms. The van der Waals surface area contributed by atoms with E-state index >= 15 is 0 Å². The molecule has 0 bridgehead atoms. The average molecular weight is 690 g/mol. The number of rotatable bonds is 8. The second-order valence-corrected chi connectivity index (χ2v) is 10.5. The van der Waals surface area contributed by atoms with Gasteiger partial charge in [0.2, 0.25) is 0 Å². The number of nitrogen functional groups attached to an aromatic ring is 2. The molecule has 10 heteroatoms. The van der Waals surface area contributed by atoms with E-state index in [0.717, 1.165) is 77.6 Å². The largest absolute Gasteiger partial charge is 0.383 e. The molecule has 1 aliphatic heterocycles. The van der Waals surface area contributed by atoms with Gasteiger partial charge in [-0.05, 0) is 43.5 Å². The number of aryl methyl sites for hydroxylation is 2. The van der Waals surface area contributed by atoms with Gasteiger partial charge in [0, 0.05) is 87.9 Å². The average Bonchev–Trinajstić information content (AvgIpc) is 3.45. The van der Waals surface area contributed by atoms with Crippen molar-refractivity contribution in [2.75, 3.05) is 22.9 Å². The molecule has 0 saturated heterocycles. The molecule has 1 radical (unpaired) electrons. The summed E-state index contributed by atoms with van der Waals surface area (Å²) in [5.74, 6) is 6.37. The molecule has 0 spiro atoms. The van der Waals surface area contributed by atoms with Gasteiger partial charge in [-0.1, -0.05) is 57.0 Å². The van der Waals surface area contributed by atoms with Gasteiger partial charge in [0.1, 0.15) is 11.3 Å². The molecule has 3 aromatic heterocycles. The number of imidazole rings is 1. The minimum absolute atomic E-state index is 0. The third-order valence-corrected chi connectivity index (χ3v) is 7.88. The second kappa shape index (κ2) is 19.4. The Morgan fingerprint density at radius 2 is 1.58 bits per heavy atom. The minimum atomic E-state index is 0. The molecule has 225 valence electrons. The van der Waals surface area contributed by atoms with E-state index in [-0.39, 0.29) is 55.0 Å². The van der Waals surface area contributed by atoms with Crippen LogP contribution < -0.4 is 16.4 Å². The van der Waals surface area contributed by atoms with Gasteiger partial charge in [-0.2, -0.15) is 0 Å². The summed E-state index contributed by atoms with van der Waals surface area (Å²) in [6.45, 7) is 3.78. The zero-order valence-corrected chi connectivity index (χ0v) is 28.0. The summed E-state index contributed by atoms with van der Waals surface area (Å²) in [5.41, 5.74) is 16.9. The smallest absolute Gasteiger partial charge is 0.174 e. The molecule has 0 atom stereocenters. The minimum Gasteiger partial charge on any atom is -0.383 e. The van der Waals surface area contributed by atoms with Gasteiger partial charge < -0.3 is 28.4 Å². The Hall–Kier alpha value is -2.95. The third-order valence-electron chi connectivity index (χ3n) is 6.35. The molecule has 4 heterocycles. The van der Waals surface area contributed by atoms with Crippen LogP contribution in [0.1, 0.15) is 51.7 Å². The Labute approximate surface area is 292 Å². The van der Waals surface area contributed by atoms with Crippen LogP contribution in [0, 0.1) is 39.0 Å². The van der Waals surface area contributed by atoms with E-state index in [0.29, 0.717) is 11.6 Å². The van der Waals surface area contributed by atoms with E-state index < -0.39 is 0 Å². The Morgan fingerprint density at radius 3 is 2.26 bits per heavy atom. The first-order valence-corrected chi connectivity index (χ1v) is 13.9. The number of pyridine rings is 2. The molecule has 0 unspecified atom stereocenters. The number of terminal acetylenes is 2. The van der Waals surface area contributed by atoms with Crippen LogP contribution in [-0.4, -0.2) is 31.1 Å². The van der Waals surface area contributed by atoms with Crippen molar-refractivity contribution >= 4 is 57.3 Å². The number of fused-ring (bicyclic) bond motifs is 2. The molecule has 4 aromatic rings. The standard InChI is InChI=1S/C18H18N4S.C12H13N3S.2CH4.CH3.Y/c1-3-4-7-12-22-14-10-11-20-17(19)16(14)21-18(22)23-15-9-6-5-8-13(15)2;1-2-3-4-7-15-10-5-6-14-12(13)9(10)8-11(15)16;;;;/h1,5-6,8-11H,4,7,12H2,2H3,(H2,19,20);1,5-6H,3-4,7-8H2,(H2,13,14);2*1H4;1H3;/q;;;;-1;. The van der Waals surface area contributed by atoms with Crippen LogP contribution in [0.2, 0.25) is 0 Å². The van der Waals surface area contributed by atoms with Crippen LogP contribution in [0.15, 0.2) is 58.8 Å². The van der Waals surface area contributed by atoms with Crippen molar-refractivity contribution < 1.29 is 32.7 Å². The molecule has 1 aromatic carbocycles. The van der Waals surface area contributed by atoms with Crippen molar-refractivity contribution in [2.45, 2.75) is 70.5 Å². The maximum absolute atomic E-state index is 5.99. The van der Waals surface area contributed by atoms with E-state index in [1.807, 2.05) is 24.3 Å². The number of benzene rings is 1. The molecule has 7 nitrogen and oxygen atoms in total. The number of unbranched alkanes of at least 4 members (excludes halogenated alkanes) is 2. The number of hydrogen-bond acceptors (Lipinski definition) is 7. The molecule has 0 fully saturated rings. The van der Waals surface area contributed by atoms with Gasteiger partial charge in [0.05, 0.1) is 16.2 Å². The second-order valence-electron chi connectivity index (χ2n) is 9.01. The first-order valence-electron chi connectivity index (χ1n) is 12.7. The maximum atomic E-state index is 5.99. The van der Waals surface area contributed by atoms with Crippen LogP contribution in [0.4, 0.5) is 17.3 Å². The number of nitrogens with two attached hydrogens (primary N) is 2. The zero-order valence-electron chi connectivity index (χ0n) is 23.5. The summed E-state index contributed by atoms with van der Waals surface area (Å²) >= 11 is 7.00. The summed E-state index contributed by atoms with van der Waals surface area (Å²) < 4.78 is 2.18. The zero-order chi connectivity index (χ0) is 27.8. The van der Waals surface area contributed by atoms with E-state index in [4.69, 9.17) is 41.5 Å². The van der Waals surface area contributed by atoms with Crippen LogP contribution in [-0.2, 0) is 45.7 Å². The number of thiocarbonyl (C=S) groups is 1. The van der Waals surface area contributed by atoms with Gasteiger partial charge in [0.15, 0.2) is 11.0 Å². The topological polar surface area (TPSA) is 98.9 Å². The molecule has 0 aliphatic carbocycles. The molecule has 0 amide bonds. The van der Waals surface area contributed by atoms with Gasteiger partial charge in [-0.15, -0.1) is 24.7 Å². The number of anilines is 3. The Kier molecular flexibility index (Phi) is 18.0. The molecule has 0 saturated carbocycles. The summed E-state index contributed by atoms with van der Waals surface area (Å²) in [7, 11) is 0. The van der Waals surface area contributed by atoms with Crippen LogP contribution >= 0.6 is 24.0 Å². The summed E-state index contributed by atoms with van der Waals surface area (Å²) in [4.78, 5) is 17.1. The van der Waals surface area contributed by atoms with E-state index in [9.17, 15) is 0 Å². The van der Waals surface area contributed by atoms with Gasteiger partial charge >= 0.3 is 0 Å². The van der Waals surface area contributed by atoms with Gasteiger partial charge in [-0.25, -0.2) is 15.0 Å². The van der Waals surface area contributed by atoms with Crippen molar-refractivity contribution in [1.29, 1.82) is 0 Å². The number of hydrogen-bond donors (Lipinski definition) is 2. The molecular weight excluding hydrogens is 647 g/mol. The molecule has 1 aliphatic rings. The molecular formula is C33H42N7S2Y-. The van der Waals surface area contributed by atoms with Gasteiger partial charge in [0.25, 0.3) is 0 Å². The van der Waals surface area contributed by atoms with Crippen molar-refractivity contribution in [3.63, 3.8) is 0 Å².